The molecule has 0 saturated carbocycles. The second-order valence-corrected chi connectivity index (χ2v) is 6.53. The zero-order chi connectivity index (χ0) is 16.5. The molecule has 0 aliphatic rings. The van der Waals surface area contributed by atoms with Crippen LogP contribution in [-0.2, 0) is 4.79 Å². The van der Waals surface area contributed by atoms with Crippen LogP contribution in [0.2, 0.25) is 0 Å². The van der Waals surface area contributed by atoms with Crippen molar-refractivity contribution in [3.8, 4) is 0 Å². The first kappa shape index (κ1) is 21.6. The second-order valence-electron chi connectivity index (χ2n) is 6.53. The quantitative estimate of drug-likeness (QED) is 0.380. The zero-order valence-corrected chi connectivity index (χ0v) is 14.7. The van der Waals surface area contributed by atoms with E-state index >= 15 is 0 Å². The number of hydrogen-bond acceptors (Lipinski definition) is 3. The molecule has 0 rings (SSSR count). The summed E-state index contributed by atoms with van der Waals surface area (Å²) in [6.07, 6.45) is 17.7. The summed E-state index contributed by atoms with van der Waals surface area (Å²) in [6, 6.07) is 0. The molecule has 132 valence electrons. The van der Waals surface area contributed by atoms with Crippen LogP contribution in [0.25, 0.3) is 0 Å². The maximum Gasteiger partial charge on any atom is 0.186 e. The van der Waals surface area contributed by atoms with Gasteiger partial charge in [0.25, 0.3) is 0 Å². The Morgan fingerprint density at radius 3 is 1.45 bits per heavy atom. The number of hydrogen-bond donors (Lipinski definition) is 2. The summed E-state index contributed by atoms with van der Waals surface area (Å²) in [7, 11) is 0. The molecule has 0 fully saturated rings. The van der Waals surface area contributed by atoms with E-state index in [2.05, 4.69) is 6.92 Å². The molecule has 0 aliphatic heterocycles. The number of aliphatic hydroxyl groups excluding tert-OH is 2. The van der Waals surface area contributed by atoms with Gasteiger partial charge in [0.1, 0.15) is 12.7 Å². The van der Waals surface area contributed by atoms with Gasteiger partial charge in [-0.1, -0.05) is 96.8 Å². The fraction of sp³-hybridized carbons (Fsp3) is 0.947. The molecule has 0 aliphatic carbocycles. The molecule has 0 bridgehead atoms. The molecule has 3 nitrogen and oxygen atoms in total. The van der Waals surface area contributed by atoms with Gasteiger partial charge in [0.05, 0.1) is 0 Å². The van der Waals surface area contributed by atoms with Crippen molar-refractivity contribution in [3.63, 3.8) is 0 Å². The van der Waals surface area contributed by atoms with Gasteiger partial charge in [-0.15, -0.1) is 0 Å². The lowest BCUT2D eigenvalue weighted by Gasteiger charge is -2.07. The van der Waals surface area contributed by atoms with Gasteiger partial charge in [-0.3, -0.25) is 4.79 Å². The van der Waals surface area contributed by atoms with Crippen LogP contribution in [0, 0.1) is 0 Å². The number of unbranched alkanes of at least 4 members (excludes halogenated alkanes) is 13. The van der Waals surface area contributed by atoms with Gasteiger partial charge < -0.3 is 10.2 Å². The minimum absolute atomic E-state index is 0.449. The Kier molecular flexibility index (Phi) is 16.6. The highest BCUT2D eigenvalue weighted by molar-refractivity contribution is 5.83. The van der Waals surface area contributed by atoms with Crippen LogP contribution in [0.15, 0.2) is 0 Å². The largest absolute Gasteiger partial charge is 0.388 e. The van der Waals surface area contributed by atoms with Crippen molar-refractivity contribution in [2.75, 3.05) is 6.61 Å². The predicted octanol–water partition coefficient (Wildman–Crippen LogP) is 4.78. The maximum atomic E-state index is 11.0. The molecule has 22 heavy (non-hydrogen) atoms. The summed E-state index contributed by atoms with van der Waals surface area (Å²) in [6.45, 7) is 1.72. The highest BCUT2D eigenvalue weighted by Crippen LogP contribution is 2.13. The van der Waals surface area contributed by atoms with E-state index in [1.807, 2.05) is 0 Å². The molecule has 2 N–H and O–H groups in total. The Balaban J connectivity index is 3.10. The number of aliphatic hydroxyl groups is 2. The van der Waals surface area contributed by atoms with Crippen LogP contribution in [0.4, 0.5) is 0 Å². The molecule has 3 heteroatoms. The lowest BCUT2D eigenvalue weighted by molar-refractivity contribution is -0.130. The van der Waals surface area contributed by atoms with Crippen molar-refractivity contribution in [2.24, 2.45) is 0 Å². The molecule has 0 radical (unpaired) electrons. The molecule has 0 aromatic carbocycles. The summed E-state index contributed by atoms with van der Waals surface area (Å²) in [4.78, 5) is 11.0. The Morgan fingerprint density at radius 2 is 1.09 bits per heavy atom. The van der Waals surface area contributed by atoms with E-state index in [-0.39, 0.29) is 0 Å². The molecule has 0 aromatic rings. The van der Waals surface area contributed by atoms with Crippen molar-refractivity contribution in [1.29, 1.82) is 0 Å². The Labute approximate surface area is 137 Å². The second kappa shape index (κ2) is 17.0. The molecule has 0 aromatic heterocycles. The summed E-state index contributed by atoms with van der Waals surface area (Å²) in [5.74, 6) is -0.449. The Bertz CT molecular complexity index is 241. The van der Waals surface area contributed by atoms with Crippen LogP contribution >= 0.6 is 0 Å². The molecule has 0 spiro atoms. The van der Waals surface area contributed by atoms with E-state index in [4.69, 9.17) is 5.11 Å². The zero-order valence-electron chi connectivity index (χ0n) is 14.7. The van der Waals surface area contributed by atoms with E-state index in [9.17, 15) is 9.90 Å². The highest BCUT2D eigenvalue weighted by atomic mass is 16.3. The fourth-order valence-corrected chi connectivity index (χ4v) is 2.80. The van der Waals surface area contributed by atoms with Crippen molar-refractivity contribution in [1.82, 2.24) is 0 Å². The van der Waals surface area contributed by atoms with Gasteiger partial charge in [-0.25, -0.2) is 0 Å². The van der Waals surface area contributed by atoms with Crippen LogP contribution < -0.4 is 0 Å². The van der Waals surface area contributed by atoms with Crippen LogP contribution in [0.5, 0.6) is 0 Å². The van der Waals surface area contributed by atoms with E-state index in [0.29, 0.717) is 6.42 Å². The SMILES string of the molecule is CCCCCCCCCCCCCCCCC(O)C(=O)CO. The van der Waals surface area contributed by atoms with Crippen molar-refractivity contribution >= 4 is 5.78 Å². The lowest BCUT2D eigenvalue weighted by atomic mass is 10.0. The third-order valence-electron chi connectivity index (χ3n) is 4.36. The van der Waals surface area contributed by atoms with E-state index in [1.54, 1.807) is 0 Å². The first-order valence-electron chi connectivity index (χ1n) is 9.54. The third kappa shape index (κ3) is 14.5. The number of Topliss-reactive ketones (excluding diaryl/α,β-unsaturated/α-hetero) is 1. The van der Waals surface area contributed by atoms with Gasteiger partial charge >= 0.3 is 0 Å². The topological polar surface area (TPSA) is 57.5 Å². The number of ketones is 1. The average molecular weight is 315 g/mol. The van der Waals surface area contributed by atoms with Crippen LogP contribution in [0.1, 0.15) is 103 Å². The Hall–Kier alpha value is -0.410. The third-order valence-corrected chi connectivity index (χ3v) is 4.36. The Morgan fingerprint density at radius 1 is 0.727 bits per heavy atom. The van der Waals surface area contributed by atoms with Crippen molar-refractivity contribution in [2.45, 2.75) is 109 Å². The van der Waals surface area contributed by atoms with Gasteiger partial charge in [0, 0.05) is 0 Å². The maximum absolute atomic E-state index is 11.0. The first-order valence-corrected chi connectivity index (χ1v) is 9.54. The molecule has 1 unspecified atom stereocenters. The number of carbonyl (C=O) groups is 1. The average Bonchev–Trinajstić information content (AvgIpc) is 2.54. The standard InChI is InChI=1S/C19H38O3/c1-2-3-4-5-6-7-8-9-10-11-12-13-14-15-16-18(21)19(22)17-20/h18,20-21H,2-17H2,1H3. The molecule has 0 amide bonds. The van der Waals surface area contributed by atoms with E-state index in [1.165, 1.54) is 77.0 Å². The van der Waals surface area contributed by atoms with Crippen molar-refractivity contribution in [3.05, 3.63) is 0 Å². The molecular weight excluding hydrogens is 276 g/mol. The monoisotopic (exact) mass is 314 g/mol. The van der Waals surface area contributed by atoms with Gasteiger partial charge in [0.15, 0.2) is 5.78 Å². The molecule has 0 heterocycles. The number of carbonyl (C=O) groups excluding carboxylic acids is 1. The summed E-state index contributed by atoms with van der Waals surface area (Å²) in [5, 5.41) is 18.0. The minimum atomic E-state index is -0.956. The van der Waals surface area contributed by atoms with Crippen molar-refractivity contribution < 1.29 is 15.0 Å². The highest BCUT2D eigenvalue weighted by Gasteiger charge is 2.12. The molecular formula is C19H38O3. The normalized spacial score (nSPS) is 12.5. The number of rotatable bonds is 17. The lowest BCUT2D eigenvalue weighted by Crippen LogP contribution is -2.23. The summed E-state index contributed by atoms with van der Waals surface area (Å²) < 4.78 is 0. The molecule has 0 saturated heterocycles. The fourth-order valence-electron chi connectivity index (χ4n) is 2.80. The predicted molar refractivity (Wildman–Crippen MR) is 93.0 cm³/mol. The summed E-state index contributed by atoms with van der Waals surface area (Å²) in [5.41, 5.74) is 0. The summed E-state index contributed by atoms with van der Waals surface area (Å²) >= 11 is 0. The van der Waals surface area contributed by atoms with Gasteiger partial charge in [-0.05, 0) is 6.42 Å². The van der Waals surface area contributed by atoms with Gasteiger partial charge in [-0.2, -0.15) is 0 Å². The minimum Gasteiger partial charge on any atom is -0.388 e. The first-order chi connectivity index (χ1) is 10.7. The molecule has 1 atom stereocenters. The van der Waals surface area contributed by atoms with E-state index in [0.717, 1.165) is 12.8 Å². The van der Waals surface area contributed by atoms with Gasteiger partial charge in [0.2, 0.25) is 0 Å². The smallest absolute Gasteiger partial charge is 0.186 e. The van der Waals surface area contributed by atoms with Crippen LogP contribution in [0.3, 0.4) is 0 Å². The van der Waals surface area contributed by atoms with E-state index < -0.39 is 18.5 Å². The van der Waals surface area contributed by atoms with Crippen LogP contribution in [-0.4, -0.2) is 28.7 Å².